The zero-order valence-corrected chi connectivity index (χ0v) is 14.1. The van der Waals surface area contributed by atoms with Crippen molar-refractivity contribution in [3.05, 3.63) is 29.8 Å². The van der Waals surface area contributed by atoms with Gasteiger partial charge in [-0.3, -0.25) is 9.59 Å². The molecule has 23 heavy (non-hydrogen) atoms. The first-order chi connectivity index (χ1) is 10.6. The quantitative estimate of drug-likeness (QED) is 0.772. The first-order valence-electron chi connectivity index (χ1n) is 8.08. The van der Waals surface area contributed by atoms with E-state index in [0.29, 0.717) is 0 Å². The van der Waals surface area contributed by atoms with Crippen molar-refractivity contribution in [3.63, 3.8) is 0 Å². The lowest BCUT2D eigenvalue weighted by Gasteiger charge is -2.18. The Hall–Kier alpha value is -1.59. The minimum absolute atomic E-state index is 0. The highest BCUT2D eigenvalue weighted by molar-refractivity contribution is 5.94. The predicted molar refractivity (Wildman–Crippen MR) is 92.6 cm³/mol. The van der Waals surface area contributed by atoms with Gasteiger partial charge >= 0.3 is 0 Å². The van der Waals surface area contributed by atoms with E-state index in [1.165, 1.54) is 0 Å². The van der Waals surface area contributed by atoms with Crippen LogP contribution in [0.3, 0.4) is 0 Å². The van der Waals surface area contributed by atoms with Crippen LogP contribution in [-0.2, 0) is 9.59 Å². The summed E-state index contributed by atoms with van der Waals surface area (Å²) in [7, 11) is 0. The summed E-state index contributed by atoms with van der Waals surface area (Å²) in [6.07, 6.45) is 3.97. The number of carbonyl (C=O) groups is 2. The number of anilines is 1. The van der Waals surface area contributed by atoms with Gasteiger partial charge in [0.15, 0.2) is 0 Å². The summed E-state index contributed by atoms with van der Waals surface area (Å²) < 4.78 is 0. The summed E-state index contributed by atoms with van der Waals surface area (Å²) in [5.74, 6) is 0.384. The van der Waals surface area contributed by atoms with Gasteiger partial charge in [-0.15, -0.1) is 12.4 Å². The van der Waals surface area contributed by atoms with E-state index >= 15 is 0 Å². The van der Waals surface area contributed by atoms with Gasteiger partial charge in [-0.2, -0.15) is 0 Å². The van der Waals surface area contributed by atoms with Crippen LogP contribution in [0.15, 0.2) is 24.3 Å². The van der Waals surface area contributed by atoms with E-state index in [9.17, 15) is 9.59 Å². The first kappa shape index (κ1) is 17.8. The molecule has 2 atom stereocenters. The summed E-state index contributed by atoms with van der Waals surface area (Å²) in [5, 5.41) is 9.16. The molecule has 5 nitrogen and oxygen atoms in total. The number of hydrogen-bond acceptors (Lipinski definition) is 3. The second-order valence-electron chi connectivity index (χ2n) is 6.26. The lowest BCUT2D eigenvalue weighted by atomic mass is 10.1. The molecule has 1 aliphatic carbocycles. The molecule has 1 heterocycles. The van der Waals surface area contributed by atoms with Crippen LogP contribution in [0.2, 0.25) is 0 Å². The lowest BCUT2D eigenvalue weighted by Crippen LogP contribution is -2.41. The minimum Gasteiger partial charge on any atom is -0.348 e. The second-order valence-corrected chi connectivity index (χ2v) is 6.26. The van der Waals surface area contributed by atoms with Crippen LogP contribution in [0.5, 0.6) is 0 Å². The largest absolute Gasteiger partial charge is 0.348 e. The highest BCUT2D eigenvalue weighted by Crippen LogP contribution is 2.30. The Morgan fingerprint density at radius 3 is 2.39 bits per heavy atom. The molecule has 1 saturated carbocycles. The predicted octanol–water partition coefficient (Wildman–Crippen LogP) is 2.39. The zero-order chi connectivity index (χ0) is 15.5. The molecular weight excluding hydrogens is 314 g/mol. The maximum absolute atomic E-state index is 12.1. The van der Waals surface area contributed by atoms with Crippen molar-refractivity contribution in [2.45, 2.75) is 44.7 Å². The van der Waals surface area contributed by atoms with Gasteiger partial charge in [-0.1, -0.05) is 12.1 Å². The molecule has 1 aliphatic heterocycles. The molecule has 2 unspecified atom stereocenters. The summed E-state index contributed by atoms with van der Waals surface area (Å²) in [5.41, 5.74) is 1.85. The Morgan fingerprint density at radius 1 is 1.13 bits per heavy atom. The van der Waals surface area contributed by atoms with E-state index < -0.39 is 0 Å². The van der Waals surface area contributed by atoms with Crippen LogP contribution in [0.1, 0.15) is 44.2 Å². The zero-order valence-electron chi connectivity index (χ0n) is 13.3. The molecule has 6 heteroatoms. The second kappa shape index (κ2) is 7.79. The van der Waals surface area contributed by atoms with Crippen molar-refractivity contribution in [1.29, 1.82) is 0 Å². The van der Waals surface area contributed by atoms with Crippen molar-refractivity contribution in [3.8, 4) is 0 Å². The minimum atomic E-state index is -0.0560. The molecule has 0 spiro atoms. The first-order valence-corrected chi connectivity index (χ1v) is 8.08. The van der Waals surface area contributed by atoms with Crippen molar-refractivity contribution < 1.29 is 9.59 Å². The van der Waals surface area contributed by atoms with Crippen molar-refractivity contribution >= 4 is 29.9 Å². The fourth-order valence-corrected chi connectivity index (χ4v) is 2.75. The molecule has 3 N–H and O–H groups in total. The number of halogens is 1. The maximum Gasteiger partial charge on any atom is 0.237 e. The third-order valence-electron chi connectivity index (χ3n) is 4.36. The maximum atomic E-state index is 12.1. The third-order valence-corrected chi connectivity index (χ3v) is 4.36. The number of benzene rings is 1. The van der Waals surface area contributed by atoms with Gasteiger partial charge in [-0.05, 0) is 56.8 Å². The fourth-order valence-electron chi connectivity index (χ4n) is 2.75. The number of hydrogen-bond donors (Lipinski definition) is 3. The fraction of sp³-hybridized carbons (Fsp3) is 0.529. The van der Waals surface area contributed by atoms with Crippen LogP contribution in [0, 0.1) is 5.92 Å². The van der Waals surface area contributed by atoms with E-state index in [4.69, 9.17) is 0 Å². The average Bonchev–Trinajstić information content (AvgIpc) is 3.22. The molecular formula is C17H24ClN3O2. The summed E-state index contributed by atoms with van der Waals surface area (Å²) in [4.78, 5) is 23.8. The van der Waals surface area contributed by atoms with Gasteiger partial charge in [-0.25, -0.2) is 0 Å². The standard InChI is InChI=1S/C17H23N3O2.ClH/c1-11(19-17(22)15-3-2-10-18-15)12-6-8-14(9-7-12)20-16(21)13-4-5-13;/h6-9,11,13,15,18H,2-5,10H2,1H3,(H,19,22)(H,20,21);1H. The Morgan fingerprint density at radius 2 is 1.83 bits per heavy atom. The molecule has 126 valence electrons. The topological polar surface area (TPSA) is 70.2 Å². The molecule has 0 bridgehead atoms. The number of amides is 2. The molecule has 2 amide bonds. The Balaban J connectivity index is 0.00000192. The van der Waals surface area contributed by atoms with Crippen LogP contribution in [0.25, 0.3) is 0 Å². The van der Waals surface area contributed by atoms with Gasteiger partial charge < -0.3 is 16.0 Å². The monoisotopic (exact) mass is 337 g/mol. The normalized spacial score (nSPS) is 21.2. The van der Waals surface area contributed by atoms with Crippen LogP contribution < -0.4 is 16.0 Å². The van der Waals surface area contributed by atoms with Crippen molar-refractivity contribution in [2.75, 3.05) is 11.9 Å². The van der Waals surface area contributed by atoms with Gasteiger partial charge in [0, 0.05) is 11.6 Å². The van der Waals surface area contributed by atoms with Crippen molar-refractivity contribution in [1.82, 2.24) is 10.6 Å². The molecule has 2 aliphatic rings. The van der Waals surface area contributed by atoms with Gasteiger partial charge in [0.25, 0.3) is 0 Å². The Bertz CT molecular complexity index is 551. The molecule has 2 fully saturated rings. The van der Waals surface area contributed by atoms with E-state index in [1.54, 1.807) is 0 Å². The smallest absolute Gasteiger partial charge is 0.237 e. The average molecular weight is 338 g/mol. The molecule has 1 aromatic carbocycles. The molecule has 0 aromatic heterocycles. The lowest BCUT2D eigenvalue weighted by molar-refractivity contribution is -0.123. The highest BCUT2D eigenvalue weighted by atomic mass is 35.5. The highest BCUT2D eigenvalue weighted by Gasteiger charge is 2.29. The summed E-state index contributed by atoms with van der Waals surface area (Å²) in [6, 6.07) is 7.60. The number of rotatable bonds is 5. The molecule has 1 aromatic rings. The van der Waals surface area contributed by atoms with E-state index in [-0.39, 0.29) is 42.2 Å². The van der Waals surface area contributed by atoms with Crippen LogP contribution in [0.4, 0.5) is 5.69 Å². The van der Waals surface area contributed by atoms with Gasteiger partial charge in [0.1, 0.15) is 0 Å². The molecule has 3 rings (SSSR count). The summed E-state index contributed by atoms with van der Waals surface area (Å²) in [6.45, 7) is 2.90. The number of nitrogens with one attached hydrogen (secondary N) is 3. The van der Waals surface area contributed by atoms with E-state index in [0.717, 1.165) is 43.5 Å². The Kier molecular flexibility index (Phi) is 6.02. The van der Waals surface area contributed by atoms with Crippen molar-refractivity contribution in [2.24, 2.45) is 5.92 Å². The SMILES string of the molecule is CC(NC(=O)C1CCCN1)c1ccc(NC(=O)C2CC2)cc1.Cl. The van der Waals surface area contributed by atoms with Crippen LogP contribution in [-0.4, -0.2) is 24.4 Å². The van der Waals surface area contributed by atoms with Gasteiger partial charge in [0.05, 0.1) is 12.1 Å². The van der Waals surface area contributed by atoms with E-state index in [2.05, 4.69) is 16.0 Å². The molecule has 0 radical (unpaired) electrons. The number of carbonyl (C=O) groups excluding carboxylic acids is 2. The van der Waals surface area contributed by atoms with E-state index in [1.807, 2.05) is 31.2 Å². The summed E-state index contributed by atoms with van der Waals surface area (Å²) >= 11 is 0. The van der Waals surface area contributed by atoms with Gasteiger partial charge in [0.2, 0.25) is 11.8 Å². The van der Waals surface area contributed by atoms with Crippen LogP contribution >= 0.6 is 12.4 Å². The molecule has 1 saturated heterocycles. The third kappa shape index (κ3) is 4.69. The Labute approximate surface area is 143 Å².